The van der Waals surface area contributed by atoms with E-state index in [9.17, 15) is 4.79 Å². The number of rotatable bonds is 7. The molecule has 0 atom stereocenters. The summed E-state index contributed by atoms with van der Waals surface area (Å²) < 4.78 is 5.26. The van der Waals surface area contributed by atoms with Gasteiger partial charge in [0, 0.05) is 27.7 Å². The molecule has 0 spiro atoms. The first-order valence-corrected chi connectivity index (χ1v) is 11.2. The van der Waals surface area contributed by atoms with Crippen molar-refractivity contribution in [2.24, 2.45) is 9.98 Å². The van der Waals surface area contributed by atoms with Crippen LogP contribution in [0, 0.1) is 0 Å². The Labute approximate surface area is 180 Å². The topological polar surface area (TPSA) is 85.2 Å². The highest BCUT2D eigenvalue weighted by Gasteiger charge is 2.23. The highest BCUT2D eigenvalue weighted by atomic mass is 32.1. The molecule has 0 saturated heterocycles. The summed E-state index contributed by atoms with van der Waals surface area (Å²) in [6.45, 7) is 4.15. The number of esters is 1. The average molecular weight is 447 g/mol. The van der Waals surface area contributed by atoms with Gasteiger partial charge in [0.2, 0.25) is 0 Å². The molecule has 9 heteroatoms. The number of carbonyl (C=O) groups excluding carboxylic acids is 3. The molecule has 0 amide bonds. The molecule has 3 aromatic heterocycles. The summed E-state index contributed by atoms with van der Waals surface area (Å²) in [4.78, 5) is 40.0. The Morgan fingerprint density at radius 2 is 1.59 bits per heavy atom. The molecular formula is C20H18N2O4S3. The summed E-state index contributed by atoms with van der Waals surface area (Å²) in [5.41, 5.74) is 1.42. The lowest BCUT2D eigenvalue weighted by Crippen LogP contribution is -2.06. The number of nitrogens with zero attached hydrogens (tertiary/aromatic N) is 2. The predicted molar refractivity (Wildman–Crippen MR) is 118 cm³/mol. The monoisotopic (exact) mass is 446 g/mol. The number of hydrogen-bond donors (Lipinski definition) is 0. The van der Waals surface area contributed by atoms with Crippen molar-refractivity contribution in [1.29, 1.82) is 0 Å². The van der Waals surface area contributed by atoms with Crippen LogP contribution in [-0.4, -0.2) is 31.2 Å². The van der Waals surface area contributed by atoms with Crippen LogP contribution >= 0.6 is 34.0 Å². The lowest BCUT2D eigenvalue weighted by Gasteiger charge is -2.03. The van der Waals surface area contributed by atoms with Crippen molar-refractivity contribution < 1.29 is 19.1 Å². The molecule has 0 fully saturated rings. The number of carbonyl (C=O) groups is 1. The quantitative estimate of drug-likeness (QED) is 0.353. The standard InChI is InChI=1S/C19H18N2O2S3.CO2/c1-3-15-16(19(22)23-4-2)18(21-12-14-8-6-10-25-14)26-17(15)20-11-13-7-5-9-24-13;2-1-3/h5-12H,3-4H2,1-2H3;. The third-order valence-corrected chi connectivity index (χ3v) is 6.17. The third kappa shape index (κ3) is 6.40. The molecule has 0 aliphatic heterocycles. The maximum atomic E-state index is 12.5. The van der Waals surface area contributed by atoms with Gasteiger partial charge in [0.15, 0.2) is 0 Å². The van der Waals surface area contributed by atoms with E-state index in [4.69, 9.17) is 14.3 Å². The Balaban J connectivity index is 0.000000941. The van der Waals surface area contributed by atoms with Gasteiger partial charge in [-0.15, -0.1) is 22.7 Å². The van der Waals surface area contributed by atoms with Crippen LogP contribution in [0.25, 0.3) is 0 Å². The maximum absolute atomic E-state index is 12.5. The first-order valence-electron chi connectivity index (χ1n) is 8.61. The van der Waals surface area contributed by atoms with Crippen molar-refractivity contribution in [3.63, 3.8) is 0 Å². The van der Waals surface area contributed by atoms with E-state index >= 15 is 0 Å². The number of ether oxygens (including phenoxy) is 1. The molecule has 6 nitrogen and oxygen atoms in total. The zero-order valence-electron chi connectivity index (χ0n) is 15.8. The van der Waals surface area contributed by atoms with Crippen molar-refractivity contribution in [3.05, 3.63) is 55.9 Å². The Morgan fingerprint density at radius 1 is 1.03 bits per heavy atom. The summed E-state index contributed by atoms with van der Waals surface area (Å²) in [6, 6.07) is 7.96. The SMILES string of the molecule is CCOC(=O)c1c(N=Cc2cccs2)sc(N=Cc2cccs2)c1CC.O=C=O. The van der Waals surface area contributed by atoms with Gasteiger partial charge in [-0.3, -0.25) is 0 Å². The van der Waals surface area contributed by atoms with E-state index in [1.54, 1.807) is 35.8 Å². The molecule has 0 bridgehead atoms. The lowest BCUT2D eigenvalue weighted by molar-refractivity contribution is -0.191. The van der Waals surface area contributed by atoms with E-state index in [-0.39, 0.29) is 12.1 Å². The van der Waals surface area contributed by atoms with Crippen molar-refractivity contribution in [1.82, 2.24) is 0 Å². The molecule has 0 aliphatic carbocycles. The van der Waals surface area contributed by atoms with Crippen LogP contribution in [-0.2, 0) is 20.7 Å². The van der Waals surface area contributed by atoms with Crippen LogP contribution in [0.5, 0.6) is 0 Å². The summed E-state index contributed by atoms with van der Waals surface area (Å²) in [6.07, 6.45) is 4.55. The molecule has 29 heavy (non-hydrogen) atoms. The molecule has 0 N–H and O–H groups in total. The highest BCUT2D eigenvalue weighted by Crippen LogP contribution is 2.42. The van der Waals surface area contributed by atoms with Crippen LogP contribution in [0.2, 0.25) is 0 Å². The Kier molecular flexibility index (Phi) is 9.33. The minimum atomic E-state index is -0.337. The number of hydrogen-bond acceptors (Lipinski definition) is 9. The first kappa shape index (κ1) is 22.6. The van der Waals surface area contributed by atoms with Gasteiger partial charge in [-0.05, 0) is 36.2 Å². The normalized spacial score (nSPS) is 10.7. The predicted octanol–water partition coefficient (Wildman–Crippen LogP) is 5.53. The molecule has 3 rings (SSSR count). The van der Waals surface area contributed by atoms with Crippen molar-refractivity contribution >= 4 is 68.6 Å². The average Bonchev–Trinajstić information content (AvgIpc) is 3.46. The van der Waals surface area contributed by atoms with E-state index in [0.717, 1.165) is 20.3 Å². The van der Waals surface area contributed by atoms with E-state index in [2.05, 4.69) is 9.98 Å². The van der Waals surface area contributed by atoms with E-state index in [0.29, 0.717) is 23.6 Å². The summed E-state index contributed by atoms with van der Waals surface area (Å²) in [5.74, 6) is -0.337. The molecule has 0 unspecified atom stereocenters. The summed E-state index contributed by atoms with van der Waals surface area (Å²) in [5, 5.41) is 5.46. The third-order valence-electron chi connectivity index (χ3n) is 3.50. The van der Waals surface area contributed by atoms with Gasteiger partial charge in [0.1, 0.15) is 15.6 Å². The highest BCUT2D eigenvalue weighted by molar-refractivity contribution is 7.20. The van der Waals surface area contributed by atoms with Gasteiger partial charge in [-0.1, -0.05) is 30.4 Å². The van der Waals surface area contributed by atoms with Gasteiger partial charge >= 0.3 is 12.1 Å². The van der Waals surface area contributed by atoms with Gasteiger partial charge in [-0.25, -0.2) is 14.8 Å². The smallest absolute Gasteiger partial charge is 0.373 e. The van der Waals surface area contributed by atoms with Crippen molar-refractivity contribution in [2.75, 3.05) is 6.61 Å². The molecular weight excluding hydrogens is 428 g/mol. The first-order chi connectivity index (χ1) is 14.1. The van der Waals surface area contributed by atoms with Gasteiger partial charge in [0.25, 0.3) is 0 Å². The van der Waals surface area contributed by atoms with Crippen LogP contribution in [0.3, 0.4) is 0 Å². The molecule has 0 aliphatic rings. The fourth-order valence-corrected chi connectivity index (χ4v) is 4.59. The lowest BCUT2D eigenvalue weighted by atomic mass is 10.1. The Bertz CT molecular complexity index is 997. The molecule has 3 aromatic rings. The molecule has 0 radical (unpaired) electrons. The fraction of sp³-hybridized carbons (Fsp3) is 0.200. The Morgan fingerprint density at radius 3 is 2.03 bits per heavy atom. The number of thiophene rings is 3. The van der Waals surface area contributed by atoms with E-state index in [1.165, 1.54) is 11.3 Å². The zero-order valence-corrected chi connectivity index (χ0v) is 18.2. The summed E-state index contributed by atoms with van der Waals surface area (Å²) in [7, 11) is 0. The van der Waals surface area contributed by atoms with Crippen molar-refractivity contribution in [2.45, 2.75) is 20.3 Å². The second-order valence-electron chi connectivity index (χ2n) is 5.27. The second kappa shape index (κ2) is 12.0. The minimum absolute atomic E-state index is 0.250. The molecule has 150 valence electrons. The summed E-state index contributed by atoms with van der Waals surface area (Å²) >= 11 is 4.65. The van der Waals surface area contributed by atoms with Gasteiger partial charge < -0.3 is 4.74 Å². The van der Waals surface area contributed by atoms with E-state index in [1.807, 2.05) is 48.2 Å². The maximum Gasteiger partial charge on any atom is 0.373 e. The van der Waals surface area contributed by atoms with Crippen LogP contribution in [0.4, 0.5) is 10.0 Å². The zero-order chi connectivity index (χ0) is 21.1. The molecule has 0 aromatic carbocycles. The molecule has 0 saturated carbocycles. The Hall–Kier alpha value is -2.71. The van der Waals surface area contributed by atoms with Crippen LogP contribution in [0.15, 0.2) is 45.0 Å². The van der Waals surface area contributed by atoms with Gasteiger partial charge in [0.05, 0.1) is 6.61 Å². The largest absolute Gasteiger partial charge is 0.462 e. The van der Waals surface area contributed by atoms with Crippen LogP contribution < -0.4 is 0 Å². The van der Waals surface area contributed by atoms with Crippen molar-refractivity contribution in [3.8, 4) is 0 Å². The second-order valence-corrected chi connectivity index (χ2v) is 8.21. The van der Waals surface area contributed by atoms with Gasteiger partial charge in [-0.2, -0.15) is 9.59 Å². The minimum Gasteiger partial charge on any atom is -0.462 e. The van der Waals surface area contributed by atoms with Crippen LogP contribution in [0.1, 0.15) is 39.5 Å². The number of aliphatic imine (C=N–C) groups is 2. The molecule has 3 heterocycles. The fourth-order valence-electron chi connectivity index (χ4n) is 2.35. The van der Waals surface area contributed by atoms with E-state index < -0.39 is 0 Å².